The van der Waals surface area contributed by atoms with Gasteiger partial charge in [-0.1, -0.05) is 60.7 Å². The third-order valence-electron chi connectivity index (χ3n) is 3.06. The van der Waals surface area contributed by atoms with E-state index in [0.717, 1.165) is 23.1 Å². The van der Waals surface area contributed by atoms with Crippen molar-refractivity contribution in [3.8, 4) is 0 Å². The van der Waals surface area contributed by atoms with Crippen LogP contribution in [0.5, 0.6) is 0 Å². The highest BCUT2D eigenvalue weighted by molar-refractivity contribution is 8.10. The molecule has 0 aliphatic heterocycles. The van der Waals surface area contributed by atoms with Gasteiger partial charge in [-0.15, -0.1) is 0 Å². The molecular formula is C17H17NO3S2. The van der Waals surface area contributed by atoms with Crippen LogP contribution in [-0.4, -0.2) is 14.5 Å². The molecule has 0 saturated heterocycles. The lowest BCUT2D eigenvalue weighted by Crippen LogP contribution is -2.42. The van der Waals surface area contributed by atoms with Crippen LogP contribution < -0.4 is 0 Å². The molecule has 2 aromatic rings. The van der Waals surface area contributed by atoms with Crippen molar-refractivity contribution in [3.05, 3.63) is 71.8 Å². The second-order valence-electron chi connectivity index (χ2n) is 4.93. The van der Waals surface area contributed by atoms with Crippen LogP contribution in [0.25, 0.3) is 0 Å². The molecule has 0 bridgehead atoms. The Morgan fingerprint density at radius 1 is 0.957 bits per heavy atom. The van der Waals surface area contributed by atoms with E-state index in [1.54, 1.807) is 0 Å². The normalized spacial score (nSPS) is 13.4. The van der Waals surface area contributed by atoms with Crippen LogP contribution in [-0.2, 0) is 27.2 Å². The monoisotopic (exact) mass is 347 g/mol. The molecule has 0 amide bonds. The summed E-state index contributed by atoms with van der Waals surface area (Å²) in [5, 5.41) is -0.224. The summed E-state index contributed by atoms with van der Waals surface area (Å²) in [4.78, 5) is 28.7. The lowest BCUT2D eigenvalue weighted by atomic mass is 10.00. The van der Waals surface area contributed by atoms with Gasteiger partial charge >= 0.3 is 5.97 Å². The zero-order chi connectivity index (χ0) is 16.9. The van der Waals surface area contributed by atoms with Crippen LogP contribution in [0.1, 0.15) is 31.0 Å². The molecule has 4 nitrogen and oxygen atoms in total. The van der Waals surface area contributed by atoms with Crippen molar-refractivity contribution < 1.29 is 17.9 Å². The number of benzene rings is 2. The Hall–Kier alpha value is -1.76. The number of carbonyl (C=O) groups is 2. The van der Waals surface area contributed by atoms with Crippen molar-refractivity contribution in [1.29, 1.82) is 0 Å². The Labute approximate surface area is 145 Å². The Morgan fingerprint density at radius 3 is 1.74 bits per heavy atom. The Bertz CT molecular complexity index is 621. The van der Waals surface area contributed by atoms with E-state index in [1.807, 2.05) is 60.7 Å². The summed E-state index contributed by atoms with van der Waals surface area (Å²) in [6.07, 6.45) is 0. The first-order valence-electron chi connectivity index (χ1n) is 7.02. The largest absolute Gasteiger partial charge is 0.423 e. The maximum absolute atomic E-state index is 11.7. The fourth-order valence-electron chi connectivity index (χ4n) is 2.31. The van der Waals surface area contributed by atoms with Crippen LogP contribution in [0.2, 0.25) is 0 Å². The SMILES string of the molecule is CC(=O)O[N+]([S-])(SC(C)=O)C(c1ccccc1)c1ccccc1. The quantitative estimate of drug-likeness (QED) is 0.357. The van der Waals surface area contributed by atoms with E-state index in [-0.39, 0.29) is 5.12 Å². The smallest absolute Gasteiger partial charge is 0.363 e. The highest BCUT2D eigenvalue weighted by atomic mass is 32.2. The molecule has 0 saturated carbocycles. The van der Waals surface area contributed by atoms with Crippen LogP contribution in [0.3, 0.4) is 0 Å². The maximum atomic E-state index is 11.7. The van der Waals surface area contributed by atoms with Gasteiger partial charge < -0.3 is 12.8 Å². The molecule has 0 radical (unpaired) electrons. The van der Waals surface area contributed by atoms with Crippen molar-refractivity contribution >= 4 is 35.8 Å². The van der Waals surface area contributed by atoms with Gasteiger partial charge in [0.25, 0.3) is 0 Å². The molecule has 0 heterocycles. The van der Waals surface area contributed by atoms with Gasteiger partial charge in [-0.05, 0) is 0 Å². The van der Waals surface area contributed by atoms with Crippen LogP contribution in [0, 0.1) is 0 Å². The van der Waals surface area contributed by atoms with Gasteiger partial charge in [0, 0.05) is 25.0 Å². The first-order valence-corrected chi connectivity index (χ1v) is 8.16. The van der Waals surface area contributed by atoms with E-state index >= 15 is 0 Å². The Morgan fingerprint density at radius 2 is 1.39 bits per heavy atom. The predicted octanol–water partition coefficient (Wildman–Crippen LogP) is 3.73. The maximum Gasteiger partial charge on any atom is 0.363 e. The fraction of sp³-hybridized carbons (Fsp3) is 0.176. The average molecular weight is 347 g/mol. The minimum absolute atomic E-state index is 0.224. The van der Waals surface area contributed by atoms with Gasteiger partial charge in [0.05, 0.1) is 0 Å². The summed E-state index contributed by atoms with van der Waals surface area (Å²) in [7, 11) is 0. The fourth-order valence-corrected chi connectivity index (χ4v) is 3.82. The molecule has 0 aromatic heterocycles. The van der Waals surface area contributed by atoms with Crippen LogP contribution in [0.4, 0.5) is 0 Å². The summed E-state index contributed by atoms with van der Waals surface area (Å²) in [5.74, 6) is -0.536. The lowest BCUT2D eigenvalue weighted by Gasteiger charge is -2.42. The molecule has 1 unspecified atom stereocenters. The first kappa shape index (κ1) is 17.6. The minimum atomic E-state index is -0.640. The number of nitrogens with zero attached hydrogens (tertiary/aromatic N) is 1. The second-order valence-corrected chi connectivity index (χ2v) is 7.00. The number of hydrogen-bond donors (Lipinski definition) is 0. The molecule has 6 heteroatoms. The van der Waals surface area contributed by atoms with Gasteiger partial charge in [-0.2, -0.15) is 3.46 Å². The van der Waals surface area contributed by atoms with Gasteiger partial charge in [-0.3, -0.25) is 9.63 Å². The third kappa shape index (κ3) is 4.60. The minimum Gasteiger partial charge on any atom is -0.423 e. The van der Waals surface area contributed by atoms with E-state index < -0.39 is 15.5 Å². The zero-order valence-corrected chi connectivity index (χ0v) is 14.5. The summed E-state index contributed by atoms with van der Waals surface area (Å²) < 4.78 is -0.640. The molecule has 23 heavy (non-hydrogen) atoms. The lowest BCUT2D eigenvalue weighted by molar-refractivity contribution is -0.882. The van der Waals surface area contributed by atoms with Gasteiger partial charge in [0.1, 0.15) is 0 Å². The van der Waals surface area contributed by atoms with Crippen molar-refractivity contribution in [2.24, 2.45) is 0 Å². The predicted molar refractivity (Wildman–Crippen MR) is 92.4 cm³/mol. The van der Waals surface area contributed by atoms with Crippen LogP contribution >= 0.6 is 11.9 Å². The number of quaternary nitrogens is 1. The standard InChI is InChI=1S/C17H17NO3S2/c1-13(19)21-18(22,23-14(2)20)17(15-9-5-3-6-10-15)16-11-7-4-8-12-16/h3-12,17H,1-2H3. The van der Waals surface area contributed by atoms with E-state index in [9.17, 15) is 9.59 Å². The average Bonchev–Trinajstić information content (AvgIpc) is 2.47. The summed E-state index contributed by atoms with van der Waals surface area (Å²) in [6, 6.07) is 18.5. The van der Waals surface area contributed by atoms with Gasteiger partial charge in [0.2, 0.25) is 5.12 Å². The first-order chi connectivity index (χ1) is 10.9. The van der Waals surface area contributed by atoms with Crippen LogP contribution in [0.15, 0.2) is 60.7 Å². The number of carbonyl (C=O) groups excluding carboxylic acids is 2. The molecule has 2 rings (SSSR count). The molecule has 0 aliphatic carbocycles. The zero-order valence-electron chi connectivity index (χ0n) is 12.8. The van der Waals surface area contributed by atoms with Crippen molar-refractivity contribution in [2.75, 3.05) is 0 Å². The number of hydroxylamine groups is 1. The van der Waals surface area contributed by atoms with E-state index in [2.05, 4.69) is 0 Å². The Kier molecular flexibility index (Phi) is 5.87. The van der Waals surface area contributed by atoms with Crippen molar-refractivity contribution in [2.45, 2.75) is 19.9 Å². The third-order valence-corrected chi connectivity index (χ3v) is 4.36. The Balaban J connectivity index is 2.57. The topological polar surface area (TPSA) is 43.4 Å². The molecule has 0 spiro atoms. The summed E-state index contributed by atoms with van der Waals surface area (Å²) >= 11 is 6.37. The molecule has 0 aliphatic rings. The molecule has 0 N–H and O–H groups in total. The second kappa shape index (κ2) is 7.68. The van der Waals surface area contributed by atoms with Gasteiger partial charge in [0.15, 0.2) is 18.0 Å². The van der Waals surface area contributed by atoms with E-state index in [1.165, 1.54) is 13.8 Å². The highest BCUT2D eigenvalue weighted by Gasteiger charge is 2.37. The van der Waals surface area contributed by atoms with E-state index in [4.69, 9.17) is 17.7 Å². The molecule has 0 fully saturated rings. The molecule has 1 atom stereocenters. The molecule has 2 aromatic carbocycles. The summed E-state index contributed by atoms with van der Waals surface area (Å²) in [5.41, 5.74) is 1.73. The number of rotatable bonds is 5. The number of hydrogen-bond acceptors (Lipinski definition) is 5. The van der Waals surface area contributed by atoms with Crippen molar-refractivity contribution in [3.63, 3.8) is 0 Å². The van der Waals surface area contributed by atoms with Crippen molar-refractivity contribution in [1.82, 2.24) is 0 Å². The highest BCUT2D eigenvalue weighted by Crippen LogP contribution is 2.41. The summed E-state index contributed by atoms with van der Waals surface area (Å²) in [6.45, 7) is 2.69. The molecular weight excluding hydrogens is 330 g/mol. The van der Waals surface area contributed by atoms with E-state index in [0.29, 0.717) is 0 Å². The van der Waals surface area contributed by atoms with Gasteiger partial charge in [-0.25, -0.2) is 4.79 Å². The molecule has 120 valence electrons.